The Morgan fingerprint density at radius 1 is 1.13 bits per heavy atom. The van der Waals surface area contributed by atoms with Crippen molar-refractivity contribution in [3.05, 3.63) is 29.8 Å². The Balaban J connectivity index is 1.51. The molecule has 0 bridgehead atoms. The number of anilines is 1. The van der Waals surface area contributed by atoms with Crippen LogP contribution in [-0.2, 0) is 9.59 Å². The highest BCUT2D eigenvalue weighted by molar-refractivity contribution is 5.97. The first-order chi connectivity index (χ1) is 11.1. The van der Waals surface area contributed by atoms with E-state index in [9.17, 15) is 14.4 Å². The standard InChI is InChI=1S/C17H21N3O3/c21-15(11-20-10-2-1-3-16(20)22)18-13-6-4-12(5-7-13)17(23)19-14-8-9-14/h4-7,14H,1-3,8-11H2,(H,18,21)(H,19,23). The molecule has 0 spiro atoms. The Hall–Kier alpha value is -2.37. The largest absolute Gasteiger partial charge is 0.349 e. The summed E-state index contributed by atoms with van der Waals surface area (Å²) in [6.07, 6.45) is 4.48. The molecule has 1 aromatic carbocycles. The van der Waals surface area contributed by atoms with Crippen LogP contribution in [0.15, 0.2) is 24.3 Å². The van der Waals surface area contributed by atoms with Crippen LogP contribution in [0.3, 0.4) is 0 Å². The van der Waals surface area contributed by atoms with E-state index < -0.39 is 0 Å². The zero-order valence-corrected chi connectivity index (χ0v) is 13.0. The molecule has 2 N–H and O–H groups in total. The molecule has 122 valence electrons. The lowest BCUT2D eigenvalue weighted by atomic mass is 10.1. The van der Waals surface area contributed by atoms with Crippen molar-refractivity contribution in [1.82, 2.24) is 10.2 Å². The fraction of sp³-hybridized carbons (Fsp3) is 0.471. The number of nitrogens with one attached hydrogen (secondary N) is 2. The number of benzene rings is 1. The number of carbonyl (C=O) groups excluding carboxylic acids is 3. The maximum absolute atomic E-state index is 12.0. The molecule has 0 radical (unpaired) electrons. The predicted octanol–water partition coefficient (Wildman–Crippen LogP) is 1.53. The Morgan fingerprint density at radius 2 is 1.87 bits per heavy atom. The highest BCUT2D eigenvalue weighted by Gasteiger charge is 2.24. The van der Waals surface area contributed by atoms with Gasteiger partial charge in [0.25, 0.3) is 5.91 Å². The Kier molecular flexibility index (Phi) is 4.60. The van der Waals surface area contributed by atoms with Gasteiger partial charge < -0.3 is 15.5 Å². The van der Waals surface area contributed by atoms with Crippen molar-refractivity contribution in [1.29, 1.82) is 0 Å². The highest BCUT2D eigenvalue weighted by Crippen LogP contribution is 2.19. The van der Waals surface area contributed by atoms with E-state index in [-0.39, 0.29) is 24.3 Å². The molecule has 6 nitrogen and oxygen atoms in total. The van der Waals surface area contributed by atoms with Crippen molar-refractivity contribution < 1.29 is 14.4 Å². The monoisotopic (exact) mass is 315 g/mol. The van der Waals surface area contributed by atoms with E-state index >= 15 is 0 Å². The van der Waals surface area contributed by atoms with Gasteiger partial charge in [-0.25, -0.2) is 0 Å². The Labute approximate surface area is 135 Å². The number of amides is 3. The van der Waals surface area contributed by atoms with E-state index in [1.165, 1.54) is 0 Å². The van der Waals surface area contributed by atoms with Gasteiger partial charge in [0.05, 0.1) is 6.54 Å². The number of piperidine rings is 1. The zero-order chi connectivity index (χ0) is 16.2. The second kappa shape index (κ2) is 6.81. The topological polar surface area (TPSA) is 78.5 Å². The minimum atomic E-state index is -0.213. The van der Waals surface area contributed by atoms with Gasteiger partial charge in [0.1, 0.15) is 0 Å². The summed E-state index contributed by atoms with van der Waals surface area (Å²) in [7, 11) is 0. The second-order valence-corrected chi connectivity index (χ2v) is 6.15. The maximum Gasteiger partial charge on any atom is 0.251 e. The number of nitrogens with zero attached hydrogens (tertiary/aromatic N) is 1. The molecule has 1 saturated carbocycles. The molecule has 1 heterocycles. The SMILES string of the molecule is O=C(CN1CCCCC1=O)Nc1ccc(C(=O)NC2CC2)cc1. The molecule has 3 amide bonds. The molecule has 1 aliphatic heterocycles. The van der Waals surface area contributed by atoms with Gasteiger partial charge in [-0.3, -0.25) is 14.4 Å². The molecule has 0 atom stereocenters. The van der Waals surface area contributed by atoms with Gasteiger partial charge in [0.15, 0.2) is 0 Å². The summed E-state index contributed by atoms with van der Waals surface area (Å²) in [5, 5.41) is 5.68. The molecule has 23 heavy (non-hydrogen) atoms. The van der Waals surface area contributed by atoms with Crippen molar-refractivity contribution in [2.24, 2.45) is 0 Å². The summed E-state index contributed by atoms with van der Waals surface area (Å²) in [5.41, 5.74) is 1.21. The van der Waals surface area contributed by atoms with Gasteiger partial charge in [-0.1, -0.05) is 0 Å². The predicted molar refractivity (Wildman–Crippen MR) is 86.0 cm³/mol. The van der Waals surface area contributed by atoms with E-state index in [4.69, 9.17) is 0 Å². The highest BCUT2D eigenvalue weighted by atomic mass is 16.2. The molecule has 0 unspecified atom stereocenters. The fourth-order valence-corrected chi connectivity index (χ4v) is 2.60. The van der Waals surface area contributed by atoms with Crippen molar-refractivity contribution >= 4 is 23.4 Å². The van der Waals surface area contributed by atoms with Crippen molar-refractivity contribution in [3.8, 4) is 0 Å². The molecular formula is C17H21N3O3. The van der Waals surface area contributed by atoms with Crippen LogP contribution in [0.1, 0.15) is 42.5 Å². The van der Waals surface area contributed by atoms with Crippen LogP contribution < -0.4 is 10.6 Å². The van der Waals surface area contributed by atoms with Crippen molar-refractivity contribution in [2.45, 2.75) is 38.1 Å². The van der Waals surface area contributed by atoms with E-state index in [0.717, 1.165) is 25.7 Å². The van der Waals surface area contributed by atoms with Crippen LogP contribution in [0, 0.1) is 0 Å². The zero-order valence-electron chi connectivity index (χ0n) is 13.0. The number of rotatable bonds is 5. The van der Waals surface area contributed by atoms with Gasteiger partial charge >= 0.3 is 0 Å². The summed E-state index contributed by atoms with van der Waals surface area (Å²) in [6, 6.07) is 7.12. The van der Waals surface area contributed by atoms with Gasteiger partial charge in [0, 0.05) is 30.3 Å². The second-order valence-electron chi connectivity index (χ2n) is 6.15. The summed E-state index contributed by atoms with van der Waals surface area (Å²) in [5.74, 6) is -0.252. The third-order valence-electron chi connectivity index (χ3n) is 4.10. The van der Waals surface area contributed by atoms with Gasteiger partial charge in [-0.2, -0.15) is 0 Å². The lowest BCUT2D eigenvalue weighted by molar-refractivity contribution is -0.136. The van der Waals surface area contributed by atoms with Crippen LogP contribution in [0.2, 0.25) is 0 Å². The van der Waals surface area contributed by atoms with Gasteiger partial charge in [0.2, 0.25) is 11.8 Å². The first-order valence-electron chi connectivity index (χ1n) is 8.10. The first-order valence-corrected chi connectivity index (χ1v) is 8.10. The maximum atomic E-state index is 12.0. The lowest BCUT2D eigenvalue weighted by Crippen LogP contribution is -2.40. The van der Waals surface area contributed by atoms with Crippen molar-refractivity contribution in [3.63, 3.8) is 0 Å². The molecule has 1 saturated heterocycles. The Bertz CT molecular complexity index is 608. The molecule has 2 fully saturated rings. The van der Waals surface area contributed by atoms with Crippen LogP contribution >= 0.6 is 0 Å². The van der Waals surface area contributed by atoms with Crippen LogP contribution in [0.4, 0.5) is 5.69 Å². The Morgan fingerprint density at radius 3 is 2.52 bits per heavy atom. The van der Waals surface area contributed by atoms with Gasteiger partial charge in [-0.15, -0.1) is 0 Å². The molecular weight excluding hydrogens is 294 g/mol. The first kappa shape index (κ1) is 15.5. The van der Waals surface area contributed by atoms with Crippen LogP contribution in [0.25, 0.3) is 0 Å². The fourth-order valence-electron chi connectivity index (χ4n) is 2.60. The van der Waals surface area contributed by atoms with E-state index in [0.29, 0.717) is 30.3 Å². The molecule has 1 aliphatic carbocycles. The van der Waals surface area contributed by atoms with Crippen LogP contribution in [-0.4, -0.2) is 41.8 Å². The molecule has 1 aromatic rings. The third-order valence-corrected chi connectivity index (χ3v) is 4.10. The minimum absolute atomic E-state index is 0.0403. The van der Waals surface area contributed by atoms with Crippen LogP contribution in [0.5, 0.6) is 0 Å². The van der Waals surface area contributed by atoms with E-state index in [1.807, 2.05) is 0 Å². The average Bonchev–Trinajstić information content (AvgIpc) is 3.34. The average molecular weight is 315 g/mol. The number of hydrogen-bond donors (Lipinski definition) is 2. The van der Waals surface area contributed by atoms with E-state index in [1.54, 1.807) is 29.2 Å². The summed E-state index contributed by atoms with van der Waals surface area (Å²) in [4.78, 5) is 37.2. The normalized spacial score (nSPS) is 17.7. The van der Waals surface area contributed by atoms with Crippen molar-refractivity contribution in [2.75, 3.05) is 18.4 Å². The smallest absolute Gasteiger partial charge is 0.251 e. The number of likely N-dealkylation sites (tertiary alicyclic amines) is 1. The minimum Gasteiger partial charge on any atom is -0.349 e. The van der Waals surface area contributed by atoms with Gasteiger partial charge in [-0.05, 0) is 49.9 Å². The summed E-state index contributed by atoms with van der Waals surface area (Å²) >= 11 is 0. The molecule has 6 heteroatoms. The van der Waals surface area contributed by atoms with E-state index in [2.05, 4.69) is 10.6 Å². The lowest BCUT2D eigenvalue weighted by Gasteiger charge is -2.25. The third kappa shape index (κ3) is 4.31. The molecule has 2 aliphatic rings. The molecule has 3 rings (SSSR count). The number of carbonyl (C=O) groups is 3. The summed E-state index contributed by atoms with van der Waals surface area (Å²) in [6.45, 7) is 0.731. The summed E-state index contributed by atoms with van der Waals surface area (Å²) < 4.78 is 0. The quantitative estimate of drug-likeness (QED) is 0.865. The molecule has 0 aromatic heterocycles. The number of hydrogen-bond acceptors (Lipinski definition) is 3.